The smallest absolute Gasteiger partial charge is 0.255 e. The molecule has 7 heteroatoms. The van der Waals surface area contributed by atoms with Crippen LogP contribution < -0.4 is 10.6 Å². The number of rotatable bonds is 6. The average molecular weight is 390 g/mol. The number of methoxy groups -OCH3 is 1. The van der Waals surface area contributed by atoms with Gasteiger partial charge < -0.3 is 15.4 Å². The topological polar surface area (TPSA) is 87.0 Å². The van der Waals surface area contributed by atoms with E-state index in [4.69, 9.17) is 4.74 Å². The number of benzene rings is 2. The molecule has 0 aliphatic rings. The monoisotopic (exact) mass is 390 g/mol. The summed E-state index contributed by atoms with van der Waals surface area (Å²) in [6, 6.07) is 16.6. The highest BCUT2D eigenvalue weighted by Crippen LogP contribution is 2.31. The van der Waals surface area contributed by atoms with E-state index in [1.54, 1.807) is 43.3 Å². The van der Waals surface area contributed by atoms with E-state index < -0.39 is 0 Å². The van der Waals surface area contributed by atoms with E-state index in [1.165, 1.54) is 19.2 Å². The molecule has 0 aliphatic carbocycles. The van der Waals surface area contributed by atoms with Gasteiger partial charge in [0.2, 0.25) is 0 Å². The van der Waals surface area contributed by atoms with Gasteiger partial charge in [0.1, 0.15) is 23.3 Å². The molecular weight excluding hydrogens is 371 g/mol. The Morgan fingerprint density at radius 3 is 2.48 bits per heavy atom. The van der Waals surface area contributed by atoms with Crippen LogP contribution in [0.1, 0.15) is 27.2 Å². The molecule has 0 fully saturated rings. The van der Waals surface area contributed by atoms with E-state index in [-0.39, 0.29) is 23.9 Å². The largest absolute Gasteiger partial charge is 0.380 e. The zero-order valence-electron chi connectivity index (χ0n) is 16.0. The molecule has 0 atom stereocenters. The number of nitrogens with zero attached hydrogens (tertiary/aromatic N) is 2. The zero-order valence-corrected chi connectivity index (χ0v) is 16.0. The normalized spacial score (nSPS) is 10.3. The summed E-state index contributed by atoms with van der Waals surface area (Å²) < 4.78 is 18.4. The van der Waals surface area contributed by atoms with Crippen LogP contribution in [0.3, 0.4) is 0 Å². The van der Waals surface area contributed by atoms with Gasteiger partial charge in [-0.1, -0.05) is 18.2 Å². The first-order valence-electron chi connectivity index (χ1n) is 8.85. The molecule has 2 N–H and O–H groups in total. The lowest BCUT2D eigenvalue weighted by atomic mass is 10.1. The third kappa shape index (κ3) is 4.57. The van der Waals surface area contributed by atoms with E-state index in [0.717, 1.165) is 0 Å². The van der Waals surface area contributed by atoms with Crippen LogP contribution in [0, 0.1) is 24.1 Å². The Labute approximate surface area is 168 Å². The fraction of sp³-hybridized carbons (Fsp3) is 0.136. The number of ether oxygens (including phenoxy) is 1. The lowest BCUT2D eigenvalue weighted by molar-refractivity contribution is 0.102. The molecule has 1 amide bonds. The number of aromatic nitrogens is 1. The highest BCUT2D eigenvalue weighted by Gasteiger charge is 2.20. The quantitative estimate of drug-likeness (QED) is 0.645. The van der Waals surface area contributed by atoms with Crippen molar-refractivity contribution in [2.24, 2.45) is 0 Å². The maximum atomic E-state index is 13.2. The van der Waals surface area contributed by atoms with Gasteiger partial charge in [-0.25, -0.2) is 9.37 Å². The average Bonchev–Trinajstić information content (AvgIpc) is 2.73. The number of pyridine rings is 1. The van der Waals surface area contributed by atoms with Crippen LogP contribution in [-0.2, 0) is 11.3 Å². The molecule has 0 saturated carbocycles. The molecule has 0 bridgehead atoms. The van der Waals surface area contributed by atoms with Crippen molar-refractivity contribution in [1.29, 1.82) is 5.26 Å². The number of nitrogens with one attached hydrogen (secondary N) is 2. The molecule has 0 spiro atoms. The van der Waals surface area contributed by atoms with E-state index in [2.05, 4.69) is 21.7 Å². The van der Waals surface area contributed by atoms with Crippen molar-refractivity contribution < 1.29 is 13.9 Å². The van der Waals surface area contributed by atoms with E-state index in [1.807, 2.05) is 6.07 Å². The molecule has 0 radical (unpaired) electrons. The summed E-state index contributed by atoms with van der Waals surface area (Å²) >= 11 is 0. The maximum Gasteiger partial charge on any atom is 0.255 e. The van der Waals surface area contributed by atoms with Gasteiger partial charge in [0.25, 0.3) is 5.91 Å². The lowest BCUT2D eigenvalue weighted by Crippen LogP contribution is -2.17. The van der Waals surface area contributed by atoms with E-state index in [0.29, 0.717) is 34.0 Å². The maximum absolute atomic E-state index is 13.2. The van der Waals surface area contributed by atoms with Gasteiger partial charge in [-0.2, -0.15) is 5.26 Å². The molecule has 0 saturated heterocycles. The van der Waals surface area contributed by atoms with Gasteiger partial charge in [0.15, 0.2) is 0 Å². The van der Waals surface area contributed by atoms with Crippen molar-refractivity contribution in [3.63, 3.8) is 0 Å². The summed E-state index contributed by atoms with van der Waals surface area (Å²) in [5.41, 5.74) is 2.77. The number of hydrogen-bond donors (Lipinski definition) is 2. The first-order chi connectivity index (χ1) is 14.0. The van der Waals surface area contributed by atoms with Crippen LogP contribution in [0.15, 0.2) is 54.6 Å². The number of carbonyl (C=O) groups is 1. The summed E-state index contributed by atoms with van der Waals surface area (Å²) in [6.45, 7) is 1.84. The standard InChI is InChI=1S/C22H19FN4O2/c1-14-20(27-22(28)15-6-4-3-5-7-15)19(13-29-2)18(12-24)21(25-14)26-17-10-8-16(23)9-11-17/h3-11H,13H2,1-2H3,(H,25,26)(H,27,28). The predicted molar refractivity (Wildman–Crippen MR) is 108 cm³/mol. The van der Waals surface area contributed by atoms with Crippen molar-refractivity contribution in [2.45, 2.75) is 13.5 Å². The Bertz CT molecular complexity index is 1060. The zero-order chi connectivity index (χ0) is 20.8. The Morgan fingerprint density at radius 2 is 1.86 bits per heavy atom. The third-order valence-electron chi connectivity index (χ3n) is 4.26. The Morgan fingerprint density at radius 1 is 1.17 bits per heavy atom. The first-order valence-corrected chi connectivity index (χ1v) is 8.85. The molecule has 29 heavy (non-hydrogen) atoms. The van der Waals surface area contributed by atoms with Crippen LogP contribution in [0.25, 0.3) is 0 Å². The third-order valence-corrected chi connectivity index (χ3v) is 4.26. The fourth-order valence-electron chi connectivity index (χ4n) is 2.88. The number of carbonyl (C=O) groups excluding carboxylic acids is 1. The van der Waals surface area contributed by atoms with Gasteiger partial charge >= 0.3 is 0 Å². The van der Waals surface area contributed by atoms with Gasteiger partial charge in [-0.3, -0.25) is 4.79 Å². The van der Waals surface area contributed by atoms with Crippen LogP contribution in [0.2, 0.25) is 0 Å². The molecule has 0 aliphatic heterocycles. The van der Waals surface area contributed by atoms with Crippen molar-refractivity contribution >= 4 is 23.1 Å². The Balaban J connectivity index is 2.02. The SMILES string of the molecule is COCc1c(C#N)c(Nc2ccc(F)cc2)nc(C)c1NC(=O)c1ccccc1. The van der Waals surface area contributed by atoms with E-state index >= 15 is 0 Å². The predicted octanol–water partition coefficient (Wildman–Crippen LogP) is 4.54. The summed E-state index contributed by atoms with van der Waals surface area (Å²) in [6.07, 6.45) is 0. The molecule has 3 aromatic rings. The molecule has 0 unspecified atom stereocenters. The van der Waals surface area contributed by atoms with Gasteiger partial charge in [-0.05, 0) is 43.3 Å². The summed E-state index contributed by atoms with van der Waals surface area (Å²) in [5, 5.41) is 15.6. The molecule has 3 rings (SSSR count). The number of nitriles is 1. The molecule has 1 aromatic heterocycles. The molecule has 1 heterocycles. The number of aryl methyl sites for hydroxylation is 1. The number of halogens is 1. The minimum absolute atomic E-state index is 0.106. The summed E-state index contributed by atoms with van der Waals surface area (Å²) in [7, 11) is 1.51. The molecule has 2 aromatic carbocycles. The van der Waals surface area contributed by atoms with Crippen molar-refractivity contribution in [3.8, 4) is 6.07 Å². The molecule has 146 valence electrons. The minimum atomic E-state index is -0.362. The van der Waals surface area contributed by atoms with Crippen LogP contribution in [0.5, 0.6) is 0 Å². The van der Waals surface area contributed by atoms with Crippen LogP contribution in [-0.4, -0.2) is 18.0 Å². The lowest BCUT2D eigenvalue weighted by Gasteiger charge is -2.18. The Hall–Kier alpha value is -3.76. The van der Waals surface area contributed by atoms with Gasteiger partial charge in [0.05, 0.1) is 18.0 Å². The summed E-state index contributed by atoms with van der Waals surface area (Å²) in [4.78, 5) is 17.1. The second kappa shape index (κ2) is 8.95. The van der Waals surface area contributed by atoms with E-state index in [9.17, 15) is 14.4 Å². The number of anilines is 3. The van der Waals surface area contributed by atoms with Crippen molar-refractivity contribution in [1.82, 2.24) is 4.98 Å². The molecular formula is C22H19FN4O2. The minimum Gasteiger partial charge on any atom is -0.380 e. The Kier molecular flexibility index (Phi) is 6.17. The number of amides is 1. The second-order valence-corrected chi connectivity index (χ2v) is 6.27. The first kappa shape index (κ1) is 20.0. The van der Waals surface area contributed by atoms with Crippen molar-refractivity contribution in [3.05, 3.63) is 82.8 Å². The number of hydrogen-bond acceptors (Lipinski definition) is 5. The fourth-order valence-corrected chi connectivity index (χ4v) is 2.88. The van der Waals surface area contributed by atoms with Gasteiger partial charge in [-0.15, -0.1) is 0 Å². The second-order valence-electron chi connectivity index (χ2n) is 6.27. The molecule has 6 nitrogen and oxygen atoms in total. The van der Waals surface area contributed by atoms with Crippen molar-refractivity contribution in [2.75, 3.05) is 17.7 Å². The summed E-state index contributed by atoms with van der Waals surface area (Å²) in [5.74, 6) is -0.364. The highest BCUT2D eigenvalue weighted by atomic mass is 19.1. The van der Waals surface area contributed by atoms with Crippen LogP contribution in [0.4, 0.5) is 21.6 Å². The van der Waals surface area contributed by atoms with Crippen LogP contribution >= 0.6 is 0 Å². The van der Waals surface area contributed by atoms with Gasteiger partial charge in [0, 0.05) is 23.9 Å². The highest BCUT2D eigenvalue weighted by molar-refractivity contribution is 6.05.